The topological polar surface area (TPSA) is 58.6 Å². The number of hydrogen-bond acceptors (Lipinski definition) is 4. The number of nitrogens with zero attached hydrogens (tertiary/aromatic N) is 1. The lowest BCUT2D eigenvalue weighted by atomic mass is 10.1. The van der Waals surface area contributed by atoms with Crippen LogP contribution >= 0.6 is 0 Å². The molecule has 114 valence electrons. The third-order valence-corrected chi connectivity index (χ3v) is 5.27. The van der Waals surface area contributed by atoms with E-state index in [0.717, 1.165) is 11.1 Å². The maximum atomic E-state index is 12.7. The van der Waals surface area contributed by atoms with Gasteiger partial charge in [-0.05, 0) is 31.2 Å². The third kappa shape index (κ3) is 4.02. The zero-order chi connectivity index (χ0) is 15.2. The van der Waals surface area contributed by atoms with Gasteiger partial charge in [0.1, 0.15) is 0 Å². The number of benzene rings is 1. The number of rotatable bonds is 8. The van der Waals surface area contributed by atoms with Crippen molar-refractivity contribution in [1.82, 2.24) is 9.62 Å². The van der Waals surface area contributed by atoms with Crippen molar-refractivity contribution in [3.8, 4) is 0 Å². The number of ether oxygens (including phenoxy) is 1. The highest BCUT2D eigenvalue weighted by molar-refractivity contribution is 7.89. The fourth-order valence-corrected chi connectivity index (χ4v) is 3.73. The van der Waals surface area contributed by atoms with E-state index < -0.39 is 10.0 Å². The summed E-state index contributed by atoms with van der Waals surface area (Å²) in [6.45, 7) is 5.49. The van der Waals surface area contributed by atoms with Crippen LogP contribution in [0.25, 0.3) is 0 Å². The highest BCUT2D eigenvalue weighted by atomic mass is 32.2. The first-order chi connectivity index (χ1) is 9.47. The van der Waals surface area contributed by atoms with Crippen LogP contribution in [0.2, 0.25) is 0 Å². The van der Waals surface area contributed by atoms with E-state index in [1.54, 1.807) is 13.2 Å². The Balaban J connectivity index is 3.15. The van der Waals surface area contributed by atoms with Crippen LogP contribution in [0.3, 0.4) is 0 Å². The van der Waals surface area contributed by atoms with Crippen molar-refractivity contribution in [3.05, 3.63) is 29.3 Å². The second-order valence-corrected chi connectivity index (χ2v) is 6.53. The van der Waals surface area contributed by atoms with Crippen molar-refractivity contribution < 1.29 is 13.2 Å². The summed E-state index contributed by atoms with van der Waals surface area (Å²) in [6, 6.07) is 5.54. The standard InChI is InChI=1S/C14H24N2O3S/c1-5-16(8-9-19-4)20(17,18)14-10-13(11-15-3)7-6-12(14)2/h6-7,10,15H,5,8-9,11H2,1-4H3. The summed E-state index contributed by atoms with van der Waals surface area (Å²) in [5, 5.41) is 3.03. The average molecular weight is 300 g/mol. The van der Waals surface area contributed by atoms with Gasteiger partial charge in [-0.25, -0.2) is 8.42 Å². The molecule has 0 atom stereocenters. The molecule has 20 heavy (non-hydrogen) atoms. The van der Waals surface area contributed by atoms with Gasteiger partial charge in [0.15, 0.2) is 0 Å². The summed E-state index contributed by atoms with van der Waals surface area (Å²) in [7, 11) is -0.0623. The Morgan fingerprint density at radius 2 is 2.05 bits per heavy atom. The molecule has 0 spiro atoms. The van der Waals surface area contributed by atoms with Crippen LogP contribution in [-0.4, -0.2) is 46.6 Å². The van der Waals surface area contributed by atoms with Crippen molar-refractivity contribution >= 4 is 10.0 Å². The molecule has 0 amide bonds. The van der Waals surface area contributed by atoms with Gasteiger partial charge in [-0.3, -0.25) is 0 Å². The van der Waals surface area contributed by atoms with Crippen molar-refractivity contribution in [2.24, 2.45) is 0 Å². The Hall–Kier alpha value is -0.950. The molecule has 0 fully saturated rings. The minimum atomic E-state index is -3.47. The largest absolute Gasteiger partial charge is 0.383 e. The quantitative estimate of drug-likeness (QED) is 0.788. The Morgan fingerprint density at radius 3 is 2.60 bits per heavy atom. The minimum absolute atomic E-state index is 0.366. The van der Waals surface area contributed by atoms with E-state index in [0.29, 0.717) is 31.1 Å². The number of likely N-dealkylation sites (N-methyl/N-ethyl adjacent to an activating group) is 1. The monoisotopic (exact) mass is 300 g/mol. The molecule has 1 aromatic carbocycles. The fraction of sp³-hybridized carbons (Fsp3) is 0.571. The van der Waals surface area contributed by atoms with E-state index >= 15 is 0 Å². The Labute approximate surface area is 122 Å². The molecule has 0 aliphatic rings. The van der Waals surface area contributed by atoms with Crippen LogP contribution in [0.1, 0.15) is 18.1 Å². The first-order valence-corrected chi connectivity index (χ1v) is 8.14. The van der Waals surface area contributed by atoms with Gasteiger partial charge < -0.3 is 10.1 Å². The van der Waals surface area contributed by atoms with E-state index in [-0.39, 0.29) is 0 Å². The molecule has 1 aromatic rings. The molecule has 0 saturated carbocycles. The first kappa shape index (κ1) is 17.1. The zero-order valence-corrected chi connectivity index (χ0v) is 13.5. The SMILES string of the molecule is CCN(CCOC)S(=O)(=O)c1cc(CNC)ccc1C. The molecule has 1 rings (SSSR count). The Bertz CT molecular complexity index is 529. The Morgan fingerprint density at radius 1 is 1.35 bits per heavy atom. The van der Waals surface area contributed by atoms with Crippen LogP contribution in [0.15, 0.2) is 23.1 Å². The predicted molar refractivity (Wildman–Crippen MR) is 80.3 cm³/mol. The van der Waals surface area contributed by atoms with Gasteiger partial charge in [0.05, 0.1) is 11.5 Å². The van der Waals surface area contributed by atoms with Crippen LogP contribution in [0.4, 0.5) is 0 Å². The summed E-state index contributed by atoms with van der Waals surface area (Å²) in [6.07, 6.45) is 0. The molecule has 0 aromatic heterocycles. The number of hydrogen-bond donors (Lipinski definition) is 1. The highest BCUT2D eigenvalue weighted by Gasteiger charge is 2.24. The molecular weight excluding hydrogens is 276 g/mol. The van der Waals surface area contributed by atoms with Gasteiger partial charge in [-0.2, -0.15) is 4.31 Å². The first-order valence-electron chi connectivity index (χ1n) is 6.70. The lowest BCUT2D eigenvalue weighted by molar-refractivity contribution is 0.180. The molecular formula is C14H24N2O3S. The summed E-state index contributed by atoms with van der Waals surface area (Å²) in [5.74, 6) is 0. The molecule has 0 saturated heterocycles. The molecule has 5 nitrogen and oxygen atoms in total. The van der Waals surface area contributed by atoms with E-state index in [1.807, 2.05) is 33.0 Å². The van der Waals surface area contributed by atoms with Crippen LogP contribution in [-0.2, 0) is 21.3 Å². The minimum Gasteiger partial charge on any atom is -0.383 e. The van der Waals surface area contributed by atoms with Crippen molar-refractivity contribution in [1.29, 1.82) is 0 Å². The summed E-state index contributed by atoms with van der Waals surface area (Å²) < 4.78 is 31.8. The van der Waals surface area contributed by atoms with Crippen molar-refractivity contribution in [2.75, 3.05) is 33.9 Å². The lowest BCUT2D eigenvalue weighted by Gasteiger charge is -2.21. The van der Waals surface area contributed by atoms with Gasteiger partial charge in [0, 0.05) is 26.7 Å². The molecule has 0 aliphatic carbocycles. The van der Waals surface area contributed by atoms with E-state index in [4.69, 9.17) is 4.74 Å². The van der Waals surface area contributed by atoms with E-state index in [9.17, 15) is 8.42 Å². The maximum Gasteiger partial charge on any atom is 0.243 e. The number of nitrogens with one attached hydrogen (secondary N) is 1. The zero-order valence-electron chi connectivity index (χ0n) is 12.6. The molecule has 0 bridgehead atoms. The fourth-order valence-electron chi connectivity index (χ4n) is 2.02. The molecule has 0 unspecified atom stereocenters. The summed E-state index contributed by atoms with van der Waals surface area (Å²) in [4.78, 5) is 0.378. The summed E-state index contributed by atoms with van der Waals surface area (Å²) in [5.41, 5.74) is 1.72. The van der Waals surface area contributed by atoms with Crippen LogP contribution in [0.5, 0.6) is 0 Å². The predicted octanol–water partition coefficient (Wildman–Crippen LogP) is 1.37. The van der Waals surface area contributed by atoms with Crippen LogP contribution < -0.4 is 5.32 Å². The second-order valence-electron chi connectivity index (χ2n) is 4.62. The normalized spacial score (nSPS) is 12.1. The van der Waals surface area contributed by atoms with Gasteiger partial charge >= 0.3 is 0 Å². The molecule has 0 heterocycles. The number of sulfonamides is 1. The summed E-state index contributed by atoms with van der Waals surface area (Å²) >= 11 is 0. The lowest BCUT2D eigenvalue weighted by Crippen LogP contribution is -2.34. The van der Waals surface area contributed by atoms with Gasteiger partial charge in [0.2, 0.25) is 10.0 Å². The maximum absolute atomic E-state index is 12.7. The Kier molecular flexibility index (Phi) is 6.61. The smallest absolute Gasteiger partial charge is 0.243 e. The molecule has 0 radical (unpaired) electrons. The number of methoxy groups -OCH3 is 1. The molecule has 0 aliphatic heterocycles. The highest BCUT2D eigenvalue weighted by Crippen LogP contribution is 2.21. The van der Waals surface area contributed by atoms with E-state index in [2.05, 4.69) is 5.32 Å². The molecule has 1 N–H and O–H groups in total. The van der Waals surface area contributed by atoms with E-state index in [1.165, 1.54) is 4.31 Å². The van der Waals surface area contributed by atoms with Gasteiger partial charge in [0.25, 0.3) is 0 Å². The molecule has 6 heteroatoms. The number of aryl methyl sites for hydroxylation is 1. The van der Waals surface area contributed by atoms with Gasteiger partial charge in [-0.1, -0.05) is 19.1 Å². The van der Waals surface area contributed by atoms with Crippen molar-refractivity contribution in [2.45, 2.75) is 25.3 Å². The van der Waals surface area contributed by atoms with Gasteiger partial charge in [-0.15, -0.1) is 0 Å². The van der Waals surface area contributed by atoms with Crippen molar-refractivity contribution in [3.63, 3.8) is 0 Å². The van der Waals surface area contributed by atoms with Crippen LogP contribution in [0, 0.1) is 6.92 Å². The third-order valence-electron chi connectivity index (χ3n) is 3.15. The average Bonchev–Trinajstić information content (AvgIpc) is 2.41. The second kappa shape index (κ2) is 7.73.